The summed E-state index contributed by atoms with van der Waals surface area (Å²) in [4.78, 5) is 2.65. The van der Waals surface area contributed by atoms with E-state index in [9.17, 15) is 12.8 Å². The quantitative estimate of drug-likeness (QED) is 0.609. The number of rotatable bonds is 8. The van der Waals surface area contributed by atoms with E-state index < -0.39 is 10.0 Å². The zero-order chi connectivity index (χ0) is 20.3. The standard InChI is InChI=1S/C21H24FN3O3S/c22-17-8-9-19-20(24-28-21(19)13-17)7-4-11-25-12-10-16(15-25)14-23-29(26,27)18-5-2-1-3-6-18/h1-3,5-6,8-9,13,16,23H,4,7,10-12,14-15H2. The molecule has 1 atom stereocenters. The predicted octanol–water partition coefficient (Wildman–Crippen LogP) is 3.20. The van der Waals surface area contributed by atoms with Crippen LogP contribution in [0.5, 0.6) is 0 Å². The molecular formula is C21H24FN3O3S. The Morgan fingerprint density at radius 3 is 2.86 bits per heavy atom. The Hall–Kier alpha value is -2.29. The number of nitrogens with one attached hydrogen (secondary N) is 1. The van der Waals surface area contributed by atoms with E-state index in [2.05, 4.69) is 14.8 Å². The predicted molar refractivity (Wildman–Crippen MR) is 108 cm³/mol. The number of aromatic nitrogens is 1. The Bertz CT molecular complexity index is 1070. The lowest BCUT2D eigenvalue weighted by Gasteiger charge is -2.16. The van der Waals surface area contributed by atoms with Crippen LogP contribution in [0.15, 0.2) is 57.9 Å². The van der Waals surface area contributed by atoms with E-state index in [4.69, 9.17) is 4.52 Å². The van der Waals surface area contributed by atoms with Crippen molar-refractivity contribution < 1.29 is 17.3 Å². The van der Waals surface area contributed by atoms with Crippen LogP contribution in [0.25, 0.3) is 11.0 Å². The average Bonchev–Trinajstić information content (AvgIpc) is 3.34. The zero-order valence-electron chi connectivity index (χ0n) is 16.1. The zero-order valence-corrected chi connectivity index (χ0v) is 16.9. The van der Waals surface area contributed by atoms with Gasteiger partial charge in [0.15, 0.2) is 5.58 Å². The molecule has 1 fully saturated rings. The highest BCUT2D eigenvalue weighted by molar-refractivity contribution is 7.89. The Balaban J connectivity index is 1.23. The molecule has 6 nitrogen and oxygen atoms in total. The van der Waals surface area contributed by atoms with Crippen LogP contribution in [0.2, 0.25) is 0 Å². The van der Waals surface area contributed by atoms with E-state index in [1.54, 1.807) is 36.4 Å². The number of aryl methyl sites for hydroxylation is 1. The van der Waals surface area contributed by atoms with E-state index in [-0.39, 0.29) is 5.82 Å². The van der Waals surface area contributed by atoms with Crippen LogP contribution >= 0.6 is 0 Å². The van der Waals surface area contributed by atoms with Gasteiger partial charge in [-0.05, 0) is 62.5 Å². The second-order valence-electron chi connectivity index (χ2n) is 7.49. The van der Waals surface area contributed by atoms with Crippen LogP contribution in [0, 0.1) is 11.7 Å². The molecule has 1 aliphatic rings. The lowest BCUT2D eigenvalue weighted by Crippen LogP contribution is -2.31. The first-order valence-corrected chi connectivity index (χ1v) is 11.3. The summed E-state index contributed by atoms with van der Waals surface area (Å²) in [6.07, 6.45) is 2.66. The van der Waals surface area contributed by atoms with Crippen LogP contribution in [-0.4, -0.2) is 44.7 Å². The fraction of sp³-hybridized carbons (Fsp3) is 0.381. The second-order valence-corrected chi connectivity index (χ2v) is 9.26. The van der Waals surface area contributed by atoms with Crippen LogP contribution in [0.1, 0.15) is 18.5 Å². The average molecular weight is 418 g/mol. The minimum absolute atomic E-state index is 0.301. The molecular weight excluding hydrogens is 393 g/mol. The molecule has 1 unspecified atom stereocenters. The highest BCUT2D eigenvalue weighted by atomic mass is 32.2. The van der Waals surface area contributed by atoms with Gasteiger partial charge in [-0.2, -0.15) is 0 Å². The molecule has 4 rings (SSSR count). The van der Waals surface area contributed by atoms with Crippen molar-refractivity contribution in [1.82, 2.24) is 14.8 Å². The molecule has 29 heavy (non-hydrogen) atoms. The van der Waals surface area contributed by atoms with E-state index in [1.807, 2.05) is 0 Å². The third-order valence-electron chi connectivity index (χ3n) is 5.38. The number of hydrogen-bond donors (Lipinski definition) is 1. The van der Waals surface area contributed by atoms with Gasteiger partial charge in [0.2, 0.25) is 10.0 Å². The van der Waals surface area contributed by atoms with Gasteiger partial charge in [0.05, 0.1) is 10.6 Å². The third kappa shape index (κ3) is 4.83. The molecule has 2 heterocycles. The summed E-state index contributed by atoms with van der Waals surface area (Å²) in [7, 11) is -3.45. The van der Waals surface area contributed by atoms with Gasteiger partial charge < -0.3 is 9.42 Å². The molecule has 0 aliphatic carbocycles. The van der Waals surface area contributed by atoms with Crippen LogP contribution in [0.3, 0.4) is 0 Å². The molecule has 3 aromatic rings. The molecule has 1 saturated heterocycles. The molecule has 0 amide bonds. The first kappa shape index (κ1) is 20.0. The molecule has 1 N–H and O–H groups in total. The fourth-order valence-corrected chi connectivity index (χ4v) is 4.94. The normalized spacial score (nSPS) is 17.9. The topological polar surface area (TPSA) is 75.4 Å². The van der Waals surface area contributed by atoms with E-state index in [1.165, 1.54) is 12.1 Å². The fourth-order valence-electron chi connectivity index (χ4n) is 3.81. The van der Waals surface area contributed by atoms with Gasteiger partial charge in [0, 0.05) is 24.5 Å². The lowest BCUT2D eigenvalue weighted by atomic mass is 10.1. The van der Waals surface area contributed by atoms with Crippen molar-refractivity contribution in [2.24, 2.45) is 5.92 Å². The molecule has 2 aromatic carbocycles. The van der Waals surface area contributed by atoms with Crippen LogP contribution < -0.4 is 4.72 Å². The molecule has 8 heteroatoms. The van der Waals surface area contributed by atoms with Gasteiger partial charge in [0.25, 0.3) is 0 Å². The maximum atomic E-state index is 13.2. The number of sulfonamides is 1. The summed E-state index contributed by atoms with van der Waals surface area (Å²) in [5.74, 6) is -0.0180. The SMILES string of the molecule is O=S(=O)(NCC1CCN(CCCc2noc3cc(F)ccc23)C1)c1ccccc1. The van der Waals surface area contributed by atoms with Gasteiger partial charge in [-0.1, -0.05) is 23.4 Å². The van der Waals surface area contributed by atoms with Crippen molar-refractivity contribution >= 4 is 21.0 Å². The minimum atomic E-state index is -3.45. The highest BCUT2D eigenvalue weighted by Crippen LogP contribution is 2.22. The van der Waals surface area contributed by atoms with Crippen molar-refractivity contribution in [3.63, 3.8) is 0 Å². The third-order valence-corrected chi connectivity index (χ3v) is 6.82. The number of hydrogen-bond acceptors (Lipinski definition) is 5. The smallest absolute Gasteiger partial charge is 0.240 e. The molecule has 0 bridgehead atoms. The molecule has 1 aromatic heterocycles. The van der Waals surface area contributed by atoms with Crippen LogP contribution in [-0.2, 0) is 16.4 Å². The minimum Gasteiger partial charge on any atom is -0.356 e. The molecule has 0 spiro atoms. The van der Waals surface area contributed by atoms with Crippen molar-refractivity contribution in [3.05, 3.63) is 60.0 Å². The Morgan fingerprint density at radius 2 is 2.03 bits per heavy atom. The number of likely N-dealkylation sites (tertiary alicyclic amines) is 1. The summed E-state index contributed by atoms with van der Waals surface area (Å²) in [5, 5.41) is 4.93. The first-order chi connectivity index (χ1) is 14.0. The molecule has 0 radical (unpaired) electrons. The molecule has 1 aliphatic heterocycles. The molecule has 0 saturated carbocycles. The van der Waals surface area contributed by atoms with E-state index >= 15 is 0 Å². The Kier molecular flexibility index (Phi) is 5.94. The van der Waals surface area contributed by atoms with E-state index in [0.717, 1.165) is 50.0 Å². The summed E-state index contributed by atoms with van der Waals surface area (Å²) >= 11 is 0. The number of halogens is 1. The Morgan fingerprint density at radius 1 is 1.21 bits per heavy atom. The second kappa shape index (κ2) is 8.61. The maximum Gasteiger partial charge on any atom is 0.240 e. The summed E-state index contributed by atoms with van der Waals surface area (Å²) < 4.78 is 45.8. The van der Waals surface area contributed by atoms with E-state index in [0.29, 0.717) is 22.9 Å². The summed E-state index contributed by atoms with van der Waals surface area (Å²) in [5.41, 5.74) is 1.33. The number of fused-ring (bicyclic) bond motifs is 1. The van der Waals surface area contributed by atoms with Crippen molar-refractivity contribution in [1.29, 1.82) is 0 Å². The van der Waals surface area contributed by atoms with Gasteiger partial charge in [-0.15, -0.1) is 0 Å². The Labute approximate surface area is 169 Å². The number of nitrogens with zero attached hydrogens (tertiary/aromatic N) is 2. The summed E-state index contributed by atoms with van der Waals surface area (Å²) in [6, 6.07) is 12.9. The first-order valence-electron chi connectivity index (χ1n) is 9.82. The number of benzene rings is 2. The van der Waals surface area contributed by atoms with Crippen molar-refractivity contribution in [2.75, 3.05) is 26.2 Å². The largest absolute Gasteiger partial charge is 0.356 e. The highest BCUT2D eigenvalue weighted by Gasteiger charge is 2.24. The monoisotopic (exact) mass is 417 g/mol. The lowest BCUT2D eigenvalue weighted by molar-refractivity contribution is 0.318. The van der Waals surface area contributed by atoms with Gasteiger partial charge in [0.1, 0.15) is 5.82 Å². The van der Waals surface area contributed by atoms with Crippen molar-refractivity contribution in [3.8, 4) is 0 Å². The maximum absolute atomic E-state index is 13.2. The molecule has 154 valence electrons. The van der Waals surface area contributed by atoms with Gasteiger partial charge in [-0.3, -0.25) is 0 Å². The van der Waals surface area contributed by atoms with Crippen LogP contribution in [0.4, 0.5) is 4.39 Å². The van der Waals surface area contributed by atoms with Gasteiger partial charge in [-0.25, -0.2) is 17.5 Å². The summed E-state index contributed by atoms with van der Waals surface area (Å²) in [6.45, 7) is 3.20. The van der Waals surface area contributed by atoms with Crippen molar-refractivity contribution in [2.45, 2.75) is 24.2 Å². The van der Waals surface area contributed by atoms with Gasteiger partial charge >= 0.3 is 0 Å².